The number of nitrogens with one attached hydrogen (secondary N) is 2. The van der Waals surface area contributed by atoms with Crippen molar-refractivity contribution in [2.75, 3.05) is 5.32 Å². The van der Waals surface area contributed by atoms with Gasteiger partial charge in [-0.2, -0.15) is 18.3 Å². The maximum Gasteiger partial charge on any atom is 0.433 e. The van der Waals surface area contributed by atoms with Gasteiger partial charge in [0.25, 0.3) is 5.91 Å². The van der Waals surface area contributed by atoms with Gasteiger partial charge in [0.15, 0.2) is 0 Å². The Hall–Kier alpha value is -2.94. The summed E-state index contributed by atoms with van der Waals surface area (Å²) in [6.45, 7) is 3.06. The molecule has 26 heavy (non-hydrogen) atoms. The SMILES string of the molecule is CC(C)(O)c1cc2[nH]ncc2cc1NC(=O)c1cccc(C(F)(F)F)n1. The van der Waals surface area contributed by atoms with E-state index in [4.69, 9.17) is 0 Å². The Balaban J connectivity index is 1.99. The van der Waals surface area contributed by atoms with Gasteiger partial charge >= 0.3 is 6.18 Å². The molecule has 0 atom stereocenters. The average molecular weight is 364 g/mol. The zero-order valence-electron chi connectivity index (χ0n) is 13.8. The molecule has 1 amide bonds. The number of benzene rings is 1. The van der Waals surface area contributed by atoms with Crippen LogP contribution in [0.15, 0.2) is 36.5 Å². The van der Waals surface area contributed by atoms with Crippen molar-refractivity contribution in [3.63, 3.8) is 0 Å². The molecule has 3 aromatic rings. The molecule has 2 heterocycles. The quantitative estimate of drug-likeness (QED) is 0.664. The molecule has 6 nitrogen and oxygen atoms in total. The number of alkyl halides is 3. The predicted octanol–water partition coefficient (Wildman–Crippen LogP) is 3.46. The van der Waals surface area contributed by atoms with Gasteiger partial charge in [-0.25, -0.2) is 4.98 Å². The van der Waals surface area contributed by atoms with E-state index in [-0.39, 0.29) is 11.4 Å². The van der Waals surface area contributed by atoms with E-state index < -0.39 is 23.4 Å². The molecule has 0 radical (unpaired) electrons. The molecule has 9 heteroatoms. The number of amides is 1. The van der Waals surface area contributed by atoms with Crippen molar-refractivity contribution in [3.8, 4) is 0 Å². The molecule has 0 saturated heterocycles. The van der Waals surface area contributed by atoms with E-state index in [1.807, 2.05) is 0 Å². The third-order valence-electron chi connectivity index (χ3n) is 3.76. The third-order valence-corrected chi connectivity index (χ3v) is 3.76. The van der Waals surface area contributed by atoms with Crippen LogP contribution in [0.5, 0.6) is 0 Å². The largest absolute Gasteiger partial charge is 0.433 e. The number of aromatic nitrogens is 3. The minimum Gasteiger partial charge on any atom is -0.386 e. The van der Waals surface area contributed by atoms with Crippen LogP contribution in [0.1, 0.15) is 35.6 Å². The van der Waals surface area contributed by atoms with Crippen LogP contribution in [-0.4, -0.2) is 26.2 Å². The first-order valence-corrected chi connectivity index (χ1v) is 7.61. The van der Waals surface area contributed by atoms with Crippen molar-refractivity contribution in [3.05, 3.63) is 53.5 Å². The lowest BCUT2D eigenvalue weighted by molar-refractivity contribution is -0.141. The van der Waals surface area contributed by atoms with Crippen molar-refractivity contribution in [1.29, 1.82) is 0 Å². The first kappa shape index (κ1) is 17.9. The van der Waals surface area contributed by atoms with Gasteiger partial charge in [0, 0.05) is 16.6 Å². The number of rotatable bonds is 3. The van der Waals surface area contributed by atoms with Gasteiger partial charge in [-0.15, -0.1) is 0 Å². The normalized spacial score (nSPS) is 12.4. The predicted molar refractivity (Wildman–Crippen MR) is 88.5 cm³/mol. The minimum atomic E-state index is -4.65. The molecule has 2 aromatic heterocycles. The highest BCUT2D eigenvalue weighted by atomic mass is 19.4. The molecule has 0 aliphatic carbocycles. The van der Waals surface area contributed by atoms with Crippen LogP contribution in [0.25, 0.3) is 10.9 Å². The Labute approximate surface area is 146 Å². The molecule has 3 N–H and O–H groups in total. The summed E-state index contributed by atoms with van der Waals surface area (Å²) in [5.74, 6) is -0.815. The number of halogens is 3. The molecule has 0 bridgehead atoms. The molecular weight excluding hydrogens is 349 g/mol. The molecule has 0 aliphatic rings. The summed E-state index contributed by atoms with van der Waals surface area (Å²) in [6.07, 6.45) is -3.12. The molecule has 0 saturated carbocycles. The second-order valence-electron chi connectivity index (χ2n) is 6.27. The van der Waals surface area contributed by atoms with Gasteiger partial charge in [0.1, 0.15) is 11.4 Å². The lowest BCUT2D eigenvalue weighted by Crippen LogP contribution is -2.22. The summed E-state index contributed by atoms with van der Waals surface area (Å²) in [4.78, 5) is 15.8. The maximum atomic E-state index is 12.8. The maximum absolute atomic E-state index is 12.8. The first-order chi connectivity index (χ1) is 12.1. The fraction of sp³-hybridized carbons (Fsp3) is 0.235. The summed E-state index contributed by atoms with van der Waals surface area (Å²) in [7, 11) is 0. The Morgan fingerprint density at radius 2 is 1.96 bits per heavy atom. The highest BCUT2D eigenvalue weighted by Crippen LogP contribution is 2.32. The molecule has 1 aromatic carbocycles. The van der Waals surface area contributed by atoms with Crippen molar-refractivity contribution in [1.82, 2.24) is 15.2 Å². The molecule has 0 spiro atoms. The number of anilines is 1. The number of hydrogen-bond acceptors (Lipinski definition) is 4. The van der Waals surface area contributed by atoms with Crippen LogP contribution < -0.4 is 5.32 Å². The average Bonchev–Trinajstić information content (AvgIpc) is 3.00. The number of carbonyl (C=O) groups is 1. The minimum absolute atomic E-state index is 0.260. The van der Waals surface area contributed by atoms with Gasteiger partial charge in [-0.1, -0.05) is 6.07 Å². The van der Waals surface area contributed by atoms with E-state index in [1.165, 1.54) is 26.1 Å². The van der Waals surface area contributed by atoms with E-state index >= 15 is 0 Å². The van der Waals surface area contributed by atoms with Gasteiger partial charge in [-0.05, 0) is 38.1 Å². The van der Waals surface area contributed by atoms with Crippen LogP contribution in [-0.2, 0) is 11.8 Å². The lowest BCUT2D eigenvalue weighted by atomic mass is 9.95. The van der Waals surface area contributed by atoms with Gasteiger partial charge in [0.05, 0.1) is 17.3 Å². The number of aliphatic hydroxyl groups is 1. The third kappa shape index (κ3) is 3.52. The molecule has 0 fully saturated rings. The Kier molecular flexibility index (Phi) is 4.19. The second-order valence-corrected chi connectivity index (χ2v) is 6.27. The fourth-order valence-electron chi connectivity index (χ4n) is 2.51. The number of aromatic amines is 1. The van der Waals surface area contributed by atoms with E-state index in [0.29, 0.717) is 16.5 Å². The van der Waals surface area contributed by atoms with Crippen LogP contribution in [0, 0.1) is 0 Å². The van der Waals surface area contributed by atoms with E-state index in [2.05, 4.69) is 20.5 Å². The van der Waals surface area contributed by atoms with Gasteiger partial charge < -0.3 is 10.4 Å². The molecule has 136 valence electrons. The summed E-state index contributed by atoms with van der Waals surface area (Å²) < 4.78 is 38.3. The Morgan fingerprint density at radius 1 is 1.23 bits per heavy atom. The summed E-state index contributed by atoms with van der Waals surface area (Å²) >= 11 is 0. The fourth-order valence-corrected chi connectivity index (χ4v) is 2.51. The first-order valence-electron chi connectivity index (χ1n) is 7.61. The summed E-state index contributed by atoms with van der Waals surface area (Å²) in [6, 6.07) is 6.29. The van der Waals surface area contributed by atoms with E-state index in [0.717, 1.165) is 12.1 Å². The number of fused-ring (bicyclic) bond motifs is 1. The Bertz CT molecular complexity index is 974. The van der Waals surface area contributed by atoms with Crippen molar-refractivity contribution >= 4 is 22.5 Å². The van der Waals surface area contributed by atoms with Crippen LogP contribution in [0.4, 0.5) is 18.9 Å². The molecule has 0 aliphatic heterocycles. The number of nitrogens with zero attached hydrogens (tertiary/aromatic N) is 2. The number of hydrogen-bond donors (Lipinski definition) is 3. The van der Waals surface area contributed by atoms with Crippen molar-refractivity contribution < 1.29 is 23.1 Å². The van der Waals surface area contributed by atoms with Crippen LogP contribution >= 0.6 is 0 Å². The summed E-state index contributed by atoms with van der Waals surface area (Å²) in [5, 5.41) is 20.2. The molecule has 3 rings (SSSR count). The van der Waals surface area contributed by atoms with Crippen molar-refractivity contribution in [2.45, 2.75) is 25.6 Å². The summed E-state index contributed by atoms with van der Waals surface area (Å²) in [5.41, 5.74) is -1.54. The van der Waals surface area contributed by atoms with Crippen LogP contribution in [0.2, 0.25) is 0 Å². The standard InChI is InChI=1S/C17H15F3N4O2/c1-16(2,26)10-7-12-9(8-21-24-12)6-13(10)23-15(25)11-4-3-5-14(22-11)17(18,19)20/h3-8,26H,1-2H3,(H,21,24)(H,23,25). The zero-order valence-corrected chi connectivity index (χ0v) is 13.8. The van der Waals surface area contributed by atoms with Crippen molar-refractivity contribution in [2.24, 2.45) is 0 Å². The van der Waals surface area contributed by atoms with E-state index in [1.54, 1.807) is 12.1 Å². The second kappa shape index (κ2) is 6.10. The number of H-pyrrole nitrogens is 1. The van der Waals surface area contributed by atoms with Crippen LogP contribution in [0.3, 0.4) is 0 Å². The highest BCUT2D eigenvalue weighted by molar-refractivity contribution is 6.04. The molecule has 0 unspecified atom stereocenters. The number of pyridine rings is 1. The lowest BCUT2D eigenvalue weighted by Gasteiger charge is -2.22. The monoisotopic (exact) mass is 364 g/mol. The highest BCUT2D eigenvalue weighted by Gasteiger charge is 2.33. The van der Waals surface area contributed by atoms with E-state index in [9.17, 15) is 23.1 Å². The zero-order chi connectivity index (χ0) is 19.1. The number of carbonyl (C=O) groups excluding carboxylic acids is 1. The topological polar surface area (TPSA) is 90.9 Å². The smallest absolute Gasteiger partial charge is 0.386 e. The van der Waals surface area contributed by atoms with Gasteiger partial charge in [0.2, 0.25) is 0 Å². The molecular formula is C17H15F3N4O2. The van der Waals surface area contributed by atoms with Gasteiger partial charge in [-0.3, -0.25) is 9.89 Å². The Morgan fingerprint density at radius 3 is 2.62 bits per heavy atom.